The second-order valence-electron chi connectivity index (χ2n) is 7.03. The average molecular weight is 264 g/mol. The van der Waals surface area contributed by atoms with Crippen molar-refractivity contribution in [3.05, 3.63) is 0 Å². The maximum atomic E-state index is 13.0. The first-order chi connectivity index (χ1) is 9.21. The van der Waals surface area contributed by atoms with Gasteiger partial charge in [-0.05, 0) is 45.1 Å². The summed E-state index contributed by atoms with van der Waals surface area (Å²) in [6.45, 7) is 4.35. The number of carbonyl (C=O) groups excluding carboxylic acids is 1. The molecular weight excluding hydrogens is 236 g/mol. The van der Waals surface area contributed by atoms with Crippen LogP contribution in [0.25, 0.3) is 0 Å². The number of hydrogen-bond acceptors (Lipinski definition) is 2. The van der Waals surface area contributed by atoms with Gasteiger partial charge in [0, 0.05) is 24.0 Å². The van der Waals surface area contributed by atoms with Crippen molar-refractivity contribution >= 4 is 5.91 Å². The molecule has 2 atom stereocenters. The van der Waals surface area contributed by atoms with Crippen LogP contribution in [-0.2, 0) is 4.79 Å². The number of likely N-dealkylation sites (tertiary alicyclic amines) is 1. The molecule has 3 aliphatic rings. The predicted octanol–water partition coefficient (Wildman–Crippen LogP) is 2.70. The number of rotatable bonds is 2. The molecule has 0 aromatic heterocycles. The summed E-state index contributed by atoms with van der Waals surface area (Å²) in [5.41, 5.74) is -0.0561. The van der Waals surface area contributed by atoms with Crippen molar-refractivity contribution in [3.63, 3.8) is 0 Å². The second-order valence-corrected chi connectivity index (χ2v) is 7.03. The van der Waals surface area contributed by atoms with E-state index in [4.69, 9.17) is 0 Å². The van der Waals surface area contributed by atoms with Crippen LogP contribution in [0.2, 0.25) is 0 Å². The van der Waals surface area contributed by atoms with Crippen molar-refractivity contribution in [1.82, 2.24) is 10.2 Å². The molecule has 1 saturated carbocycles. The van der Waals surface area contributed by atoms with Crippen LogP contribution in [0.5, 0.6) is 0 Å². The van der Waals surface area contributed by atoms with E-state index in [0.717, 1.165) is 25.9 Å². The summed E-state index contributed by atoms with van der Waals surface area (Å²) in [6.07, 6.45) is 10.9. The fourth-order valence-corrected chi connectivity index (χ4v) is 4.40. The lowest BCUT2D eigenvalue weighted by atomic mass is 9.74. The van der Waals surface area contributed by atoms with E-state index in [9.17, 15) is 4.79 Å². The van der Waals surface area contributed by atoms with E-state index in [-0.39, 0.29) is 5.41 Å². The van der Waals surface area contributed by atoms with E-state index >= 15 is 0 Å². The van der Waals surface area contributed by atoms with Gasteiger partial charge in [-0.1, -0.05) is 26.2 Å². The highest BCUT2D eigenvalue weighted by Crippen LogP contribution is 2.39. The smallest absolute Gasteiger partial charge is 0.228 e. The van der Waals surface area contributed by atoms with Crippen molar-refractivity contribution < 1.29 is 4.79 Å². The van der Waals surface area contributed by atoms with E-state index in [1.807, 2.05) is 0 Å². The fourth-order valence-electron chi connectivity index (χ4n) is 4.40. The maximum Gasteiger partial charge on any atom is 0.228 e. The van der Waals surface area contributed by atoms with Crippen LogP contribution in [0.1, 0.15) is 64.7 Å². The summed E-state index contributed by atoms with van der Waals surface area (Å²) in [4.78, 5) is 15.2. The Morgan fingerprint density at radius 2 is 1.89 bits per heavy atom. The van der Waals surface area contributed by atoms with Gasteiger partial charge in [0.05, 0.1) is 0 Å². The van der Waals surface area contributed by atoms with Crippen LogP contribution >= 0.6 is 0 Å². The van der Waals surface area contributed by atoms with Gasteiger partial charge in [-0.2, -0.15) is 0 Å². The number of amides is 1. The molecule has 108 valence electrons. The SMILES string of the molecule is CC1(C(=O)N2CCCC2C2CCCN2)CCCCC1. The van der Waals surface area contributed by atoms with Crippen LogP contribution in [0.3, 0.4) is 0 Å². The minimum absolute atomic E-state index is 0.0561. The minimum Gasteiger partial charge on any atom is -0.338 e. The van der Waals surface area contributed by atoms with Crippen LogP contribution in [0.15, 0.2) is 0 Å². The summed E-state index contributed by atoms with van der Waals surface area (Å²) < 4.78 is 0. The number of nitrogens with zero attached hydrogens (tertiary/aromatic N) is 1. The molecule has 0 aromatic rings. The molecule has 2 saturated heterocycles. The fraction of sp³-hybridized carbons (Fsp3) is 0.938. The van der Waals surface area contributed by atoms with Gasteiger partial charge in [-0.3, -0.25) is 4.79 Å². The van der Waals surface area contributed by atoms with Crippen LogP contribution < -0.4 is 5.32 Å². The summed E-state index contributed by atoms with van der Waals surface area (Å²) in [7, 11) is 0. The highest BCUT2D eigenvalue weighted by Gasteiger charge is 2.43. The van der Waals surface area contributed by atoms with Gasteiger partial charge < -0.3 is 10.2 Å². The highest BCUT2D eigenvalue weighted by atomic mass is 16.2. The maximum absolute atomic E-state index is 13.0. The molecule has 2 aliphatic heterocycles. The molecule has 19 heavy (non-hydrogen) atoms. The molecule has 3 heteroatoms. The monoisotopic (exact) mass is 264 g/mol. The second kappa shape index (κ2) is 5.43. The van der Waals surface area contributed by atoms with Gasteiger partial charge in [0.1, 0.15) is 0 Å². The average Bonchev–Trinajstić information content (AvgIpc) is 3.09. The Balaban J connectivity index is 1.70. The van der Waals surface area contributed by atoms with Crippen LogP contribution in [-0.4, -0.2) is 36.0 Å². The molecule has 0 bridgehead atoms. The van der Waals surface area contributed by atoms with Crippen LogP contribution in [0, 0.1) is 5.41 Å². The van der Waals surface area contributed by atoms with Crippen molar-refractivity contribution in [3.8, 4) is 0 Å². The zero-order chi connectivity index (χ0) is 13.3. The third-order valence-electron chi connectivity index (χ3n) is 5.60. The molecule has 1 amide bonds. The molecule has 3 fully saturated rings. The number of carbonyl (C=O) groups is 1. The molecule has 0 aromatic carbocycles. The Kier molecular flexibility index (Phi) is 3.84. The molecule has 2 unspecified atom stereocenters. The Bertz CT molecular complexity index is 330. The lowest BCUT2D eigenvalue weighted by Crippen LogP contribution is -2.51. The van der Waals surface area contributed by atoms with Gasteiger partial charge >= 0.3 is 0 Å². The molecule has 0 spiro atoms. The van der Waals surface area contributed by atoms with E-state index in [1.165, 1.54) is 44.9 Å². The quantitative estimate of drug-likeness (QED) is 0.831. The van der Waals surface area contributed by atoms with Gasteiger partial charge in [-0.15, -0.1) is 0 Å². The minimum atomic E-state index is -0.0561. The molecule has 3 nitrogen and oxygen atoms in total. The third kappa shape index (κ3) is 2.54. The van der Waals surface area contributed by atoms with Crippen LogP contribution in [0.4, 0.5) is 0 Å². The molecule has 1 aliphatic carbocycles. The highest BCUT2D eigenvalue weighted by molar-refractivity contribution is 5.83. The topological polar surface area (TPSA) is 32.3 Å². The van der Waals surface area contributed by atoms with Gasteiger partial charge in [0.2, 0.25) is 5.91 Å². The standard InChI is InChI=1S/C16H28N2O/c1-16(9-3-2-4-10-16)15(19)18-12-6-8-14(18)13-7-5-11-17-13/h13-14,17H,2-12H2,1H3. The Labute approximate surface area is 117 Å². The van der Waals surface area contributed by atoms with E-state index in [0.29, 0.717) is 18.0 Å². The molecule has 2 heterocycles. The summed E-state index contributed by atoms with van der Waals surface area (Å²) >= 11 is 0. The zero-order valence-electron chi connectivity index (χ0n) is 12.3. The lowest BCUT2D eigenvalue weighted by Gasteiger charge is -2.39. The Morgan fingerprint density at radius 3 is 2.58 bits per heavy atom. The molecular formula is C16H28N2O. The third-order valence-corrected chi connectivity index (χ3v) is 5.60. The summed E-state index contributed by atoms with van der Waals surface area (Å²) in [5, 5.41) is 3.60. The Hall–Kier alpha value is -0.570. The molecule has 0 radical (unpaired) electrons. The van der Waals surface area contributed by atoms with E-state index in [2.05, 4.69) is 17.1 Å². The first kappa shape index (κ1) is 13.4. The van der Waals surface area contributed by atoms with Gasteiger partial charge in [0.15, 0.2) is 0 Å². The van der Waals surface area contributed by atoms with Crippen molar-refractivity contribution in [1.29, 1.82) is 0 Å². The first-order valence-corrected chi connectivity index (χ1v) is 8.25. The molecule has 3 rings (SSSR count). The van der Waals surface area contributed by atoms with Gasteiger partial charge in [0.25, 0.3) is 0 Å². The Morgan fingerprint density at radius 1 is 1.11 bits per heavy atom. The predicted molar refractivity (Wildman–Crippen MR) is 77.0 cm³/mol. The summed E-state index contributed by atoms with van der Waals surface area (Å²) in [5.74, 6) is 0.461. The number of hydrogen-bond donors (Lipinski definition) is 1. The lowest BCUT2D eigenvalue weighted by molar-refractivity contribution is -0.144. The molecule has 1 N–H and O–H groups in total. The number of nitrogens with one attached hydrogen (secondary N) is 1. The first-order valence-electron chi connectivity index (χ1n) is 8.25. The van der Waals surface area contributed by atoms with E-state index in [1.54, 1.807) is 0 Å². The van der Waals surface area contributed by atoms with E-state index < -0.39 is 0 Å². The normalized spacial score (nSPS) is 34.7. The van der Waals surface area contributed by atoms with Crippen molar-refractivity contribution in [2.75, 3.05) is 13.1 Å². The van der Waals surface area contributed by atoms with Crippen molar-refractivity contribution in [2.45, 2.75) is 76.8 Å². The summed E-state index contributed by atoms with van der Waals surface area (Å²) in [6, 6.07) is 1.05. The van der Waals surface area contributed by atoms with Crippen molar-refractivity contribution in [2.24, 2.45) is 5.41 Å². The van der Waals surface area contributed by atoms with Gasteiger partial charge in [-0.25, -0.2) is 0 Å². The zero-order valence-corrected chi connectivity index (χ0v) is 12.3. The largest absolute Gasteiger partial charge is 0.338 e.